The van der Waals surface area contributed by atoms with Crippen molar-refractivity contribution in [2.24, 2.45) is 0 Å². The van der Waals surface area contributed by atoms with Gasteiger partial charge in [0.05, 0.1) is 11.9 Å². The molecular weight excluding hydrogens is 366 g/mol. The minimum absolute atomic E-state index is 0.273. The Morgan fingerprint density at radius 1 is 1.21 bits per heavy atom. The number of hydrazine groups is 1. The molecule has 2 aliphatic heterocycles. The monoisotopic (exact) mass is 391 g/mol. The molecule has 0 amide bonds. The summed E-state index contributed by atoms with van der Waals surface area (Å²) in [6.07, 6.45) is 10.1. The predicted molar refractivity (Wildman–Crippen MR) is 113 cm³/mol. The smallest absolute Gasteiger partial charge is 0.180 e. The first-order valence-corrected chi connectivity index (χ1v) is 10.0. The molecule has 0 radical (unpaired) electrons. The maximum Gasteiger partial charge on any atom is 0.180 e. The molecule has 8 nitrogen and oxygen atoms in total. The van der Waals surface area contributed by atoms with Gasteiger partial charge in [-0.05, 0) is 38.1 Å². The summed E-state index contributed by atoms with van der Waals surface area (Å²) in [5.41, 5.74) is 7.24. The lowest BCUT2D eigenvalue weighted by atomic mass is 10.1. The van der Waals surface area contributed by atoms with E-state index < -0.39 is 0 Å². The van der Waals surface area contributed by atoms with E-state index in [1.54, 1.807) is 6.20 Å². The van der Waals surface area contributed by atoms with E-state index in [4.69, 9.17) is 4.74 Å². The number of anilines is 2. The molecule has 0 saturated carbocycles. The third-order valence-corrected chi connectivity index (χ3v) is 5.31. The minimum Gasteiger partial charge on any atom is -0.490 e. The first kappa shape index (κ1) is 18.0. The average Bonchev–Trinajstić information content (AvgIpc) is 3.36. The van der Waals surface area contributed by atoms with Crippen molar-refractivity contribution in [2.75, 3.05) is 32.0 Å². The van der Waals surface area contributed by atoms with E-state index >= 15 is 0 Å². The van der Waals surface area contributed by atoms with Crippen molar-refractivity contribution in [1.29, 1.82) is 0 Å². The van der Waals surface area contributed by atoms with E-state index in [0.717, 1.165) is 61.1 Å². The van der Waals surface area contributed by atoms with Crippen LogP contribution in [0, 0.1) is 0 Å². The molecule has 1 fully saturated rings. The van der Waals surface area contributed by atoms with Crippen LogP contribution in [0.2, 0.25) is 0 Å². The second-order valence-corrected chi connectivity index (χ2v) is 7.43. The molecule has 5 rings (SSSR count). The highest BCUT2D eigenvalue weighted by atomic mass is 16.5. The number of hydrogen-bond acceptors (Lipinski definition) is 7. The zero-order valence-electron chi connectivity index (χ0n) is 16.4. The van der Waals surface area contributed by atoms with Gasteiger partial charge in [-0.15, -0.1) is 0 Å². The van der Waals surface area contributed by atoms with Crippen molar-refractivity contribution in [3.05, 3.63) is 54.7 Å². The Morgan fingerprint density at radius 3 is 2.93 bits per heavy atom. The molecule has 0 aliphatic carbocycles. The number of ether oxygens (including phenoxy) is 1. The van der Waals surface area contributed by atoms with Crippen LogP contribution in [-0.4, -0.2) is 52.2 Å². The number of piperidine rings is 1. The Morgan fingerprint density at radius 2 is 2.10 bits per heavy atom. The summed E-state index contributed by atoms with van der Waals surface area (Å²) in [6.45, 7) is 2.81. The largest absolute Gasteiger partial charge is 0.490 e. The van der Waals surface area contributed by atoms with Crippen molar-refractivity contribution in [2.45, 2.75) is 18.9 Å². The Bertz CT molecular complexity index is 1040. The quantitative estimate of drug-likeness (QED) is 0.616. The van der Waals surface area contributed by atoms with E-state index in [2.05, 4.69) is 36.6 Å². The van der Waals surface area contributed by atoms with E-state index in [-0.39, 0.29) is 6.10 Å². The maximum absolute atomic E-state index is 6.16. The highest BCUT2D eigenvalue weighted by Crippen LogP contribution is 2.26. The predicted octanol–water partition coefficient (Wildman–Crippen LogP) is 2.39. The van der Waals surface area contributed by atoms with Gasteiger partial charge in [-0.2, -0.15) is 0 Å². The number of hydrogen-bond donors (Lipinski definition) is 3. The lowest BCUT2D eigenvalue weighted by Gasteiger charge is -2.24. The van der Waals surface area contributed by atoms with E-state index in [1.807, 2.05) is 48.7 Å². The molecule has 3 aromatic rings. The first-order valence-electron chi connectivity index (χ1n) is 10.0. The van der Waals surface area contributed by atoms with Crippen LogP contribution in [0.4, 0.5) is 11.5 Å². The van der Waals surface area contributed by atoms with Crippen LogP contribution in [0.1, 0.15) is 18.5 Å². The van der Waals surface area contributed by atoms with Crippen LogP contribution in [0.3, 0.4) is 0 Å². The lowest BCUT2D eigenvalue weighted by Crippen LogP contribution is -2.34. The zero-order valence-corrected chi connectivity index (χ0v) is 16.4. The summed E-state index contributed by atoms with van der Waals surface area (Å²) >= 11 is 0. The van der Waals surface area contributed by atoms with Gasteiger partial charge in [-0.3, -0.25) is 4.40 Å². The molecule has 4 heterocycles. The van der Waals surface area contributed by atoms with Crippen molar-refractivity contribution in [3.8, 4) is 5.75 Å². The molecular formula is C21H25N7O. The molecule has 150 valence electrons. The molecule has 2 aromatic heterocycles. The van der Waals surface area contributed by atoms with Gasteiger partial charge in [-0.1, -0.05) is 6.07 Å². The fourth-order valence-electron chi connectivity index (χ4n) is 3.83. The molecule has 2 aliphatic rings. The first-order chi connectivity index (χ1) is 14.3. The summed E-state index contributed by atoms with van der Waals surface area (Å²) in [4.78, 5) is 9.13. The molecule has 0 unspecified atom stereocenters. The Balaban J connectivity index is 1.38. The van der Waals surface area contributed by atoms with E-state index in [9.17, 15) is 0 Å². The number of fused-ring (bicyclic) bond motifs is 1. The molecule has 0 atom stereocenters. The van der Waals surface area contributed by atoms with Crippen LogP contribution in [0.5, 0.6) is 5.75 Å². The standard InChI is InChI=1S/C21H25N7O/c1-27-14-15(12-25-27)19-13-24-21-20(23-9-10-28(19)21)26-16-3-2-4-18(11-16)29-17-5-7-22-8-6-17/h2-4,9-11,13-14,17,22,25H,5-8,12H2,1H3,(H,23,26). The lowest BCUT2D eigenvalue weighted by molar-refractivity contribution is 0.162. The summed E-state index contributed by atoms with van der Waals surface area (Å²) in [5.74, 6) is 1.60. The number of rotatable bonds is 5. The average molecular weight is 391 g/mol. The topological polar surface area (TPSA) is 78.8 Å². The van der Waals surface area contributed by atoms with Crippen LogP contribution in [-0.2, 0) is 0 Å². The van der Waals surface area contributed by atoms with Crippen molar-refractivity contribution < 1.29 is 4.74 Å². The second kappa shape index (κ2) is 7.73. The molecule has 1 aromatic carbocycles. The highest BCUT2D eigenvalue weighted by Gasteiger charge is 2.17. The second-order valence-electron chi connectivity index (χ2n) is 7.43. The fourth-order valence-corrected chi connectivity index (χ4v) is 3.83. The fraction of sp³-hybridized carbons (Fsp3) is 0.333. The van der Waals surface area contributed by atoms with E-state index in [0.29, 0.717) is 0 Å². The SMILES string of the molecule is CN1C=C(c2cnc3c(Nc4cccc(OC5CCNCC5)c4)nccn23)CN1. The van der Waals surface area contributed by atoms with Crippen LogP contribution < -0.4 is 20.8 Å². The normalized spacial score (nSPS) is 17.6. The summed E-state index contributed by atoms with van der Waals surface area (Å²) in [5, 5.41) is 8.73. The summed E-state index contributed by atoms with van der Waals surface area (Å²) in [6, 6.07) is 8.05. The molecule has 1 saturated heterocycles. The van der Waals surface area contributed by atoms with Gasteiger partial charge in [0.25, 0.3) is 0 Å². The molecule has 0 spiro atoms. The molecule has 0 bridgehead atoms. The molecule has 29 heavy (non-hydrogen) atoms. The maximum atomic E-state index is 6.16. The summed E-state index contributed by atoms with van der Waals surface area (Å²) in [7, 11) is 1.99. The van der Waals surface area contributed by atoms with Gasteiger partial charge in [0.2, 0.25) is 0 Å². The van der Waals surface area contributed by atoms with Gasteiger partial charge in [-0.25, -0.2) is 15.4 Å². The van der Waals surface area contributed by atoms with Gasteiger partial charge in [0.1, 0.15) is 11.9 Å². The third-order valence-electron chi connectivity index (χ3n) is 5.31. The van der Waals surface area contributed by atoms with E-state index in [1.165, 1.54) is 5.57 Å². The van der Waals surface area contributed by atoms with Crippen LogP contribution >= 0.6 is 0 Å². The highest BCUT2D eigenvalue weighted by molar-refractivity contribution is 5.75. The van der Waals surface area contributed by atoms with Crippen molar-refractivity contribution in [1.82, 2.24) is 30.1 Å². The molecule has 8 heteroatoms. The van der Waals surface area contributed by atoms with Crippen LogP contribution in [0.15, 0.2) is 49.1 Å². The Kier molecular flexibility index (Phi) is 4.79. The van der Waals surface area contributed by atoms with Crippen molar-refractivity contribution in [3.63, 3.8) is 0 Å². The van der Waals surface area contributed by atoms with Crippen molar-refractivity contribution >= 4 is 22.7 Å². The van der Waals surface area contributed by atoms with Gasteiger partial charge in [0.15, 0.2) is 11.5 Å². The third kappa shape index (κ3) is 3.76. The molecule has 3 N–H and O–H groups in total. The Hall–Kier alpha value is -3.10. The Labute approximate surface area is 169 Å². The zero-order chi connectivity index (χ0) is 19.6. The number of nitrogens with one attached hydrogen (secondary N) is 3. The number of aromatic nitrogens is 3. The van der Waals surface area contributed by atoms with Gasteiger partial charge in [0, 0.05) is 49.5 Å². The van der Waals surface area contributed by atoms with Gasteiger partial charge < -0.3 is 20.4 Å². The number of benzene rings is 1. The number of imidazole rings is 1. The minimum atomic E-state index is 0.273. The van der Waals surface area contributed by atoms with Crippen LogP contribution in [0.25, 0.3) is 11.2 Å². The number of nitrogens with zero attached hydrogens (tertiary/aromatic N) is 4. The summed E-state index contributed by atoms with van der Waals surface area (Å²) < 4.78 is 8.23. The van der Waals surface area contributed by atoms with Gasteiger partial charge >= 0.3 is 0 Å².